The first-order chi connectivity index (χ1) is 14.5. The van der Waals surface area contributed by atoms with Gasteiger partial charge in [-0.1, -0.05) is 71.1 Å². The van der Waals surface area contributed by atoms with Crippen LogP contribution < -0.4 is 4.90 Å². The van der Waals surface area contributed by atoms with Gasteiger partial charge in [0, 0.05) is 18.8 Å². The molecule has 0 aliphatic rings. The molecule has 0 saturated heterocycles. The summed E-state index contributed by atoms with van der Waals surface area (Å²) in [5.74, 6) is 0. The van der Waals surface area contributed by atoms with Crippen molar-refractivity contribution in [2.24, 2.45) is 0 Å². The second-order valence-corrected chi connectivity index (χ2v) is 9.36. The van der Waals surface area contributed by atoms with Crippen molar-refractivity contribution in [3.05, 3.63) is 42.3 Å². The Balaban J connectivity index is 3.27. The zero-order valence-electron chi connectivity index (χ0n) is 18.5. The minimum Gasteiger partial charge on any atom is -0.372 e. The molecule has 0 bridgehead atoms. The number of alkyl halides is 3. The number of benzene rings is 1. The Morgan fingerprint density at radius 3 is 2.13 bits per heavy atom. The van der Waals surface area contributed by atoms with Gasteiger partial charge in [-0.2, -0.15) is 21.6 Å². The molecule has 0 saturated carbocycles. The molecule has 0 aliphatic heterocycles. The van der Waals surface area contributed by atoms with Gasteiger partial charge in [-0.15, -0.1) is 0 Å². The molecule has 0 fully saturated rings. The molecule has 177 valence electrons. The second kappa shape index (κ2) is 13.1. The molecule has 1 rings (SSSR count). The van der Waals surface area contributed by atoms with Gasteiger partial charge in [-0.25, -0.2) is 0 Å². The molecule has 0 heterocycles. The van der Waals surface area contributed by atoms with Crippen molar-refractivity contribution in [2.75, 3.05) is 18.0 Å². The van der Waals surface area contributed by atoms with E-state index in [-0.39, 0.29) is 18.4 Å². The first-order valence-corrected chi connectivity index (χ1v) is 12.4. The van der Waals surface area contributed by atoms with E-state index in [2.05, 4.69) is 20.8 Å². The van der Waals surface area contributed by atoms with Crippen LogP contribution in [0.1, 0.15) is 76.3 Å². The highest BCUT2D eigenvalue weighted by atomic mass is 32.2. The van der Waals surface area contributed by atoms with Crippen LogP contribution in [0.3, 0.4) is 0 Å². The number of hydrogen-bond donors (Lipinski definition) is 1. The summed E-state index contributed by atoms with van der Waals surface area (Å²) < 4.78 is 73.6. The van der Waals surface area contributed by atoms with E-state index in [1.807, 2.05) is 4.90 Å². The van der Waals surface area contributed by atoms with Crippen LogP contribution in [0.5, 0.6) is 0 Å². The molecular weight excluding hydrogens is 427 g/mol. The fourth-order valence-electron chi connectivity index (χ4n) is 3.36. The van der Waals surface area contributed by atoms with Gasteiger partial charge < -0.3 is 4.90 Å². The average Bonchev–Trinajstić information content (AvgIpc) is 2.68. The zero-order chi connectivity index (χ0) is 23.5. The largest absolute Gasteiger partial charge is 0.417 e. The van der Waals surface area contributed by atoms with E-state index < -0.39 is 27.1 Å². The number of nitrogens with zero attached hydrogens (tertiary/aromatic N) is 1. The molecule has 0 spiro atoms. The van der Waals surface area contributed by atoms with Gasteiger partial charge >= 0.3 is 6.18 Å². The molecule has 1 aromatic rings. The third kappa shape index (κ3) is 9.64. The molecule has 8 heteroatoms. The fourth-order valence-corrected chi connectivity index (χ4v) is 4.11. The van der Waals surface area contributed by atoms with Crippen LogP contribution in [0.2, 0.25) is 0 Å². The van der Waals surface area contributed by atoms with Gasteiger partial charge in [0.15, 0.2) is 0 Å². The maximum atomic E-state index is 13.8. The van der Waals surface area contributed by atoms with Crippen molar-refractivity contribution < 1.29 is 26.1 Å². The van der Waals surface area contributed by atoms with Gasteiger partial charge in [0.1, 0.15) is 5.25 Å². The molecular formula is C23H35F3NO3S. The molecule has 31 heavy (non-hydrogen) atoms. The van der Waals surface area contributed by atoms with E-state index in [4.69, 9.17) is 0 Å². The Kier molecular flexibility index (Phi) is 11.6. The first-order valence-electron chi connectivity index (χ1n) is 10.9. The van der Waals surface area contributed by atoms with Crippen LogP contribution >= 0.6 is 0 Å². The van der Waals surface area contributed by atoms with E-state index in [1.165, 1.54) is 6.07 Å². The number of rotatable bonds is 14. The quantitative estimate of drug-likeness (QED) is 0.245. The Labute approximate surface area is 185 Å². The minimum atomic E-state index is -4.59. The van der Waals surface area contributed by atoms with Crippen LogP contribution in [0.25, 0.3) is 6.08 Å². The molecule has 0 aromatic heterocycles. The molecule has 1 unspecified atom stereocenters. The summed E-state index contributed by atoms with van der Waals surface area (Å²) in [7, 11) is -4.41. The number of anilines is 1. The van der Waals surface area contributed by atoms with Crippen molar-refractivity contribution >= 4 is 21.9 Å². The third-order valence-electron chi connectivity index (χ3n) is 5.13. The summed E-state index contributed by atoms with van der Waals surface area (Å²) in [6.07, 6.45) is 3.80. The van der Waals surface area contributed by atoms with Gasteiger partial charge in [0.2, 0.25) is 0 Å². The van der Waals surface area contributed by atoms with Crippen molar-refractivity contribution in [3.8, 4) is 0 Å². The van der Waals surface area contributed by atoms with E-state index >= 15 is 0 Å². The predicted octanol–water partition coefficient (Wildman–Crippen LogP) is 6.78. The van der Waals surface area contributed by atoms with Crippen LogP contribution in [0.15, 0.2) is 24.3 Å². The lowest BCUT2D eigenvalue weighted by Gasteiger charge is -2.26. The monoisotopic (exact) mass is 462 g/mol. The smallest absolute Gasteiger partial charge is 0.372 e. The van der Waals surface area contributed by atoms with Crippen molar-refractivity contribution in [2.45, 2.75) is 76.6 Å². The SMILES string of the molecule is [CH2]CCC(C=Cc1ccc(N(CCCCC)CCCCC)cc1C(F)(F)F)S(=O)(=O)O. The molecule has 1 aromatic carbocycles. The Morgan fingerprint density at radius 2 is 1.68 bits per heavy atom. The summed E-state index contributed by atoms with van der Waals surface area (Å²) in [6, 6.07) is 4.16. The highest BCUT2D eigenvalue weighted by Gasteiger charge is 2.33. The number of hydrogen-bond acceptors (Lipinski definition) is 3. The maximum absolute atomic E-state index is 13.8. The lowest BCUT2D eigenvalue weighted by molar-refractivity contribution is -0.137. The van der Waals surface area contributed by atoms with E-state index in [1.54, 1.807) is 6.07 Å². The highest BCUT2D eigenvalue weighted by Crippen LogP contribution is 2.35. The normalized spacial score (nSPS) is 13.6. The maximum Gasteiger partial charge on any atom is 0.417 e. The first kappa shape index (κ1) is 27.5. The van der Waals surface area contributed by atoms with E-state index in [0.29, 0.717) is 18.8 Å². The standard InChI is InChI=1S/C23H35F3NO3S/c1-4-7-9-16-27(17-10-8-5-2)20-14-12-19(22(18-20)23(24,25)26)13-15-21(11-6-3)31(28,29)30/h12-15,18,21H,3-11,16-17H2,1-2H3,(H,28,29,30). The molecule has 0 amide bonds. The third-order valence-corrected chi connectivity index (χ3v) is 6.29. The topological polar surface area (TPSA) is 57.6 Å². The average molecular weight is 463 g/mol. The Bertz CT molecular complexity index is 782. The van der Waals surface area contributed by atoms with Crippen molar-refractivity contribution in [1.29, 1.82) is 0 Å². The zero-order valence-corrected chi connectivity index (χ0v) is 19.3. The van der Waals surface area contributed by atoms with E-state index in [9.17, 15) is 26.1 Å². The second-order valence-electron chi connectivity index (χ2n) is 7.73. The molecule has 1 radical (unpaired) electrons. The fraction of sp³-hybridized carbons (Fsp3) is 0.609. The van der Waals surface area contributed by atoms with E-state index in [0.717, 1.165) is 56.7 Å². The van der Waals surface area contributed by atoms with Gasteiger partial charge in [0.25, 0.3) is 10.1 Å². The lowest BCUT2D eigenvalue weighted by atomic mass is 10.0. The summed E-state index contributed by atoms with van der Waals surface area (Å²) in [4.78, 5) is 2.00. The Morgan fingerprint density at radius 1 is 1.10 bits per heavy atom. The van der Waals surface area contributed by atoms with Crippen LogP contribution in [-0.2, 0) is 16.3 Å². The summed E-state index contributed by atoms with van der Waals surface area (Å²) in [6.45, 7) is 9.10. The summed E-state index contributed by atoms with van der Waals surface area (Å²) >= 11 is 0. The van der Waals surface area contributed by atoms with Crippen LogP contribution in [0.4, 0.5) is 18.9 Å². The van der Waals surface area contributed by atoms with Crippen LogP contribution in [0, 0.1) is 6.92 Å². The molecule has 1 atom stereocenters. The number of halogens is 3. The summed E-state index contributed by atoms with van der Waals surface area (Å²) in [5, 5.41) is -1.29. The molecule has 4 nitrogen and oxygen atoms in total. The van der Waals surface area contributed by atoms with Gasteiger partial charge in [-0.05, 0) is 37.0 Å². The van der Waals surface area contributed by atoms with Gasteiger partial charge in [0.05, 0.1) is 5.56 Å². The van der Waals surface area contributed by atoms with Gasteiger partial charge in [-0.3, -0.25) is 4.55 Å². The molecule has 1 N–H and O–H groups in total. The van der Waals surface area contributed by atoms with Crippen molar-refractivity contribution in [1.82, 2.24) is 0 Å². The minimum absolute atomic E-state index is 0.0252. The molecule has 0 aliphatic carbocycles. The summed E-state index contributed by atoms with van der Waals surface area (Å²) in [5.41, 5.74) is -0.433. The highest BCUT2D eigenvalue weighted by molar-refractivity contribution is 7.86. The lowest BCUT2D eigenvalue weighted by Crippen LogP contribution is -2.26. The number of unbranched alkanes of at least 4 members (excludes halogenated alkanes) is 4. The van der Waals surface area contributed by atoms with Crippen LogP contribution in [-0.4, -0.2) is 31.3 Å². The Hall–Kier alpha value is -1.54. The predicted molar refractivity (Wildman–Crippen MR) is 122 cm³/mol. The van der Waals surface area contributed by atoms with Crippen molar-refractivity contribution in [3.63, 3.8) is 0 Å².